The first-order chi connectivity index (χ1) is 19.0. The Morgan fingerprint density at radius 3 is 2.74 bits per heavy atom. The lowest BCUT2D eigenvalue weighted by Gasteiger charge is -2.45. The zero-order valence-corrected chi connectivity index (χ0v) is 22.5. The molecule has 3 N–H and O–H groups in total. The van der Waals surface area contributed by atoms with Crippen LogP contribution in [-0.2, 0) is 0 Å². The quantitative estimate of drug-likeness (QED) is 0.349. The number of rotatable bonds is 7. The summed E-state index contributed by atoms with van der Waals surface area (Å²) in [5.41, 5.74) is 11.6. The first kappa shape index (κ1) is 25.2. The molecule has 0 radical (unpaired) electrons. The molecule has 1 spiro atoms. The zero-order chi connectivity index (χ0) is 27.0. The van der Waals surface area contributed by atoms with Crippen LogP contribution in [0.25, 0.3) is 11.3 Å². The van der Waals surface area contributed by atoms with Gasteiger partial charge in [-0.2, -0.15) is 0 Å². The monoisotopic (exact) mass is 521 g/mol. The summed E-state index contributed by atoms with van der Waals surface area (Å²) in [4.78, 5) is 11.5. The number of aromatic nitrogens is 3. The van der Waals surface area contributed by atoms with Crippen molar-refractivity contribution in [2.45, 2.75) is 50.6 Å². The van der Waals surface area contributed by atoms with Crippen molar-refractivity contribution in [3.05, 3.63) is 66.6 Å². The lowest BCUT2D eigenvalue weighted by molar-refractivity contribution is 0.0685. The van der Waals surface area contributed by atoms with Crippen LogP contribution in [0.2, 0.25) is 0 Å². The van der Waals surface area contributed by atoms with Crippen molar-refractivity contribution in [2.24, 2.45) is 0 Å². The number of nitrogens with zero attached hydrogens (tertiary/aromatic N) is 6. The second kappa shape index (κ2) is 10.2. The molecule has 1 aliphatic carbocycles. The number of phenols is 1. The lowest BCUT2D eigenvalue weighted by atomic mass is 9.75. The Kier molecular flexibility index (Phi) is 6.61. The predicted octanol–water partition coefficient (Wildman–Crippen LogP) is 4.43. The molecule has 2 aromatic heterocycles. The number of nitrogens with two attached hydrogens (primary N) is 1. The van der Waals surface area contributed by atoms with E-state index in [1.165, 1.54) is 32.1 Å². The molecule has 1 aromatic carbocycles. The smallest absolute Gasteiger partial charge is 0.169 e. The number of anilines is 3. The van der Waals surface area contributed by atoms with Gasteiger partial charge >= 0.3 is 0 Å². The van der Waals surface area contributed by atoms with Crippen LogP contribution in [-0.4, -0.2) is 62.9 Å². The maximum atomic E-state index is 10.3. The van der Waals surface area contributed by atoms with Crippen LogP contribution in [0.1, 0.15) is 44.7 Å². The average molecular weight is 522 g/mol. The van der Waals surface area contributed by atoms with Crippen molar-refractivity contribution in [1.82, 2.24) is 20.1 Å². The average Bonchev–Trinajstić information content (AvgIpc) is 3.34. The number of para-hydroxylation sites is 1. The fourth-order valence-electron chi connectivity index (χ4n) is 6.14. The highest BCUT2D eigenvalue weighted by molar-refractivity contribution is 5.75. The molecule has 4 heterocycles. The number of nitrogen functional groups attached to an aromatic ring is 1. The molecule has 2 saturated heterocycles. The number of benzene rings is 1. The Balaban J connectivity index is 1.15. The van der Waals surface area contributed by atoms with Crippen molar-refractivity contribution in [1.29, 1.82) is 0 Å². The highest BCUT2D eigenvalue weighted by Gasteiger charge is 2.45. The third-order valence-electron chi connectivity index (χ3n) is 8.57. The van der Waals surface area contributed by atoms with E-state index < -0.39 is 0 Å². The van der Waals surface area contributed by atoms with Gasteiger partial charge in [-0.15, -0.1) is 10.2 Å². The number of pyridine rings is 1. The van der Waals surface area contributed by atoms with Crippen LogP contribution < -0.4 is 15.5 Å². The SMILES string of the molecule is C=C1C(CN(CC)c2cc(-c3ccccc3O)nnc2N)N1c1ccnc(C#CCN2CCCC23CCC3)c1. The van der Waals surface area contributed by atoms with Gasteiger partial charge in [-0.05, 0) is 81.8 Å². The molecule has 1 unspecified atom stereocenters. The van der Waals surface area contributed by atoms with E-state index in [0.717, 1.165) is 42.4 Å². The summed E-state index contributed by atoms with van der Waals surface area (Å²) in [6, 6.07) is 13.2. The van der Waals surface area contributed by atoms with E-state index in [1.807, 2.05) is 30.5 Å². The number of phenolic OH excluding ortho intramolecular Hbond substituents is 1. The molecule has 0 amide bonds. The molecular formula is C31H35N7O. The maximum Gasteiger partial charge on any atom is 0.169 e. The Morgan fingerprint density at radius 2 is 1.97 bits per heavy atom. The van der Waals surface area contributed by atoms with Gasteiger partial charge in [0.25, 0.3) is 0 Å². The Labute approximate surface area is 230 Å². The van der Waals surface area contributed by atoms with Crippen LogP contribution >= 0.6 is 0 Å². The number of likely N-dealkylation sites (N-methyl/N-ethyl adjacent to an activating group) is 1. The number of aromatic hydroxyl groups is 1. The van der Waals surface area contributed by atoms with Crippen molar-refractivity contribution in [3.63, 3.8) is 0 Å². The molecule has 2 aliphatic heterocycles. The summed E-state index contributed by atoms with van der Waals surface area (Å²) < 4.78 is 0. The van der Waals surface area contributed by atoms with E-state index in [1.54, 1.807) is 12.1 Å². The topological polar surface area (TPSA) is 94.4 Å². The summed E-state index contributed by atoms with van der Waals surface area (Å²) in [5.74, 6) is 7.21. The molecule has 200 valence electrons. The van der Waals surface area contributed by atoms with Gasteiger partial charge in [0.15, 0.2) is 5.82 Å². The summed E-state index contributed by atoms with van der Waals surface area (Å²) in [6.07, 6.45) is 8.45. The molecule has 1 saturated carbocycles. The largest absolute Gasteiger partial charge is 0.507 e. The third kappa shape index (κ3) is 4.79. The first-order valence-electron chi connectivity index (χ1n) is 13.8. The van der Waals surface area contributed by atoms with E-state index in [-0.39, 0.29) is 11.8 Å². The van der Waals surface area contributed by atoms with Gasteiger partial charge in [0.2, 0.25) is 0 Å². The van der Waals surface area contributed by atoms with Crippen molar-refractivity contribution >= 4 is 17.2 Å². The minimum atomic E-state index is 0.136. The van der Waals surface area contributed by atoms with Gasteiger partial charge in [-0.25, -0.2) is 4.98 Å². The second-order valence-electron chi connectivity index (χ2n) is 10.7. The van der Waals surface area contributed by atoms with Crippen molar-refractivity contribution in [2.75, 3.05) is 41.7 Å². The van der Waals surface area contributed by atoms with Gasteiger partial charge in [-0.3, -0.25) is 4.90 Å². The molecule has 1 atom stereocenters. The van der Waals surface area contributed by atoms with E-state index in [4.69, 9.17) is 5.73 Å². The first-order valence-corrected chi connectivity index (χ1v) is 13.8. The fraction of sp³-hybridized carbons (Fsp3) is 0.387. The van der Waals surface area contributed by atoms with E-state index in [0.29, 0.717) is 29.2 Å². The van der Waals surface area contributed by atoms with Crippen LogP contribution in [0, 0.1) is 11.8 Å². The highest BCUT2D eigenvalue weighted by atomic mass is 16.3. The van der Waals surface area contributed by atoms with Gasteiger partial charge in [0, 0.05) is 41.8 Å². The summed E-state index contributed by atoms with van der Waals surface area (Å²) in [6.45, 7) is 9.81. The fourth-order valence-corrected chi connectivity index (χ4v) is 6.14. The molecule has 6 rings (SSSR count). The Morgan fingerprint density at radius 1 is 1.15 bits per heavy atom. The van der Waals surface area contributed by atoms with Crippen molar-refractivity contribution < 1.29 is 5.11 Å². The maximum absolute atomic E-state index is 10.3. The third-order valence-corrected chi connectivity index (χ3v) is 8.57. The molecule has 39 heavy (non-hydrogen) atoms. The van der Waals surface area contributed by atoms with Crippen LogP contribution in [0.4, 0.5) is 17.2 Å². The van der Waals surface area contributed by atoms with Gasteiger partial charge < -0.3 is 20.6 Å². The highest BCUT2D eigenvalue weighted by Crippen LogP contribution is 2.45. The lowest BCUT2D eigenvalue weighted by Crippen LogP contribution is -2.49. The molecule has 3 aromatic rings. The van der Waals surface area contributed by atoms with Crippen molar-refractivity contribution in [3.8, 4) is 28.8 Å². The predicted molar refractivity (Wildman–Crippen MR) is 155 cm³/mol. The zero-order valence-electron chi connectivity index (χ0n) is 22.5. The number of likely N-dealkylation sites (tertiary alicyclic amines) is 1. The second-order valence-corrected chi connectivity index (χ2v) is 10.7. The number of hydrogen-bond acceptors (Lipinski definition) is 8. The van der Waals surface area contributed by atoms with Gasteiger partial charge in [0.05, 0.1) is 24.0 Å². The summed E-state index contributed by atoms with van der Waals surface area (Å²) >= 11 is 0. The van der Waals surface area contributed by atoms with E-state index >= 15 is 0 Å². The van der Waals surface area contributed by atoms with Crippen LogP contribution in [0.3, 0.4) is 0 Å². The normalized spacial score (nSPS) is 19.5. The van der Waals surface area contributed by atoms with E-state index in [2.05, 4.69) is 61.3 Å². The van der Waals surface area contributed by atoms with Gasteiger partial charge in [0.1, 0.15) is 11.4 Å². The van der Waals surface area contributed by atoms with E-state index in [9.17, 15) is 5.11 Å². The Hall–Kier alpha value is -4.09. The van der Waals surface area contributed by atoms with Gasteiger partial charge in [-0.1, -0.05) is 24.6 Å². The number of hydrogen-bond donors (Lipinski definition) is 2. The Bertz CT molecular complexity index is 1450. The molecule has 0 bridgehead atoms. The minimum Gasteiger partial charge on any atom is -0.507 e. The molecule has 3 aliphatic rings. The standard InChI is InChI=1S/C31H35N7O/c1-3-36(27-20-26(34-35-30(27)32)25-10-4-5-11-29(25)39)21-28-22(2)38(28)24-12-16-33-23(19-24)9-6-17-37-18-8-15-31(37)13-7-14-31/h4-5,10-12,16,19-20,28,39H,2-3,7-8,13-15,17-18,21H2,1H3,(H2,32,35). The molecular weight excluding hydrogens is 486 g/mol. The minimum absolute atomic E-state index is 0.136. The molecule has 3 fully saturated rings. The summed E-state index contributed by atoms with van der Waals surface area (Å²) in [5, 5.41) is 18.7. The molecule has 8 heteroatoms. The van der Waals surface area contributed by atoms with Crippen LogP contribution in [0.5, 0.6) is 5.75 Å². The molecule has 8 nitrogen and oxygen atoms in total. The van der Waals surface area contributed by atoms with Crippen LogP contribution in [0.15, 0.2) is 60.9 Å². The summed E-state index contributed by atoms with van der Waals surface area (Å²) in [7, 11) is 0.